The van der Waals surface area contributed by atoms with Crippen LogP contribution in [0.1, 0.15) is 0 Å². The van der Waals surface area contributed by atoms with E-state index in [4.69, 9.17) is 0 Å². The molecule has 19 heavy (non-hydrogen) atoms. The number of halogens is 4. The maximum atomic E-state index is 11.9. The highest BCUT2D eigenvalue weighted by Gasteiger charge is 2.30. The summed E-state index contributed by atoms with van der Waals surface area (Å²) in [6.45, 7) is -1.75. The third-order valence-corrected chi connectivity index (χ3v) is 3.96. The van der Waals surface area contributed by atoms with Gasteiger partial charge in [0.15, 0.2) is 0 Å². The van der Waals surface area contributed by atoms with Crippen LogP contribution in [0.15, 0.2) is 27.6 Å². The number of hydrogen-bond acceptors (Lipinski definition) is 4. The summed E-state index contributed by atoms with van der Waals surface area (Å²) in [6.07, 6.45) is -4.71. The van der Waals surface area contributed by atoms with Crippen molar-refractivity contribution in [2.45, 2.75) is 11.1 Å². The number of nitrogens with one attached hydrogen (secondary N) is 1. The molecule has 11 heteroatoms. The molecule has 106 valence electrons. The second-order valence-corrected chi connectivity index (χ2v) is 5.93. The van der Waals surface area contributed by atoms with E-state index in [2.05, 4.69) is 15.9 Å². The number of rotatable bonds is 4. The van der Waals surface area contributed by atoms with Crippen molar-refractivity contribution in [1.82, 2.24) is 4.72 Å². The number of nitrogens with zero attached hydrogens (tertiary/aromatic N) is 1. The Morgan fingerprint density at radius 2 is 1.95 bits per heavy atom. The average molecular weight is 363 g/mol. The van der Waals surface area contributed by atoms with Crippen LogP contribution in [0.2, 0.25) is 0 Å². The molecule has 0 aliphatic heterocycles. The standard InChI is InChI=1S/C8H6BrF3N2O4S/c9-6-2-1-5(3-7(6)14(15)16)19(17,18)13-4-8(10,11)12/h1-3,13H,4H2. The zero-order valence-electron chi connectivity index (χ0n) is 8.94. The average Bonchev–Trinajstić information content (AvgIpc) is 2.25. The Labute approximate surface area is 113 Å². The zero-order valence-corrected chi connectivity index (χ0v) is 11.3. The van der Waals surface area contributed by atoms with Gasteiger partial charge >= 0.3 is 6.18 Å². The predicted molar refractivity (Wildman–Crippen MR) is 62.0 cm³/mol. The van der Waals surface area contributed by atoms with Crippen LogP contribution in [0.25, 0.3) is 0 Å². The quantitative estimate of drug-likeness (QED) is 0.656. The van der Waals surface area contributed by atoms with Gasteiger partial charge in [-0.1, -0.05) is 0 Å². The summed E-state index contributed by atoms with van der Waals surface area (Å²) in [5.41, 5.74) is -0.560. The minimum atomic E-state index is -4.71. The van der Waals surface area contributed by atoms with Crippen molar-refractivity contribution in [3.05, 3.63) is 32.8 Å². The third-order valence-electron chi connectivity index (χ3n) is 1.89. The molecule has 1 N–H and O–H groups in total. The topological polar surface area (TPSA) is 89.3 Å². The van der Waals surface area contributed by atoms with E-state index in [-0.39, 0.29) is 4.47 Å². The first-order valence-corrected chi connectivity index (χ1v) is 6.81. The third kappa shape index (κ3) is 4.44. The van der Waals surface area contributed by atoms with Crippen molar-refractivity contribution in [2.24, 2.45) is 0 Å². The Kier molecular flexibility index (Phi) is 4.53. The van der Waals surface area contributed by atoms with Gasteiger partial charge in [0.2, 0.25) is 10.0 Å². The second-order valence-electron chi connectivity index (χ2n) is 3.31. The van der Waals surface area contributed by atoms with Crippen LogP contribution in [0.5, 0.6) is 0 Å². The fourth-order valence-electron chi connectivity index (χ4n) is 1.06. The van der Waals surface area contributed by atoms with Gasteiger partial charge in [-0.3, -0.25) is 10.1 Å². The molecule has 0 saturated carbocycles. The van der Waals surface area contributed by atoms with E-state index in [0.29, 0.717) is 6.07 Å². The highest BCUT2D eigenvalue weighted by molar-refractivity contribution is 9.10. The largest absolute Gasteiger partial charge is 0.402 e. The van der Waals surface area contributed by atoms with E-state index < -0.39 is 38.3 Å². The van der Waals surface area contributed by atoms with E-state index in [0.717, 1.165) is 12.1 Å². The maximum Gasteiger partial charge on any atom is 0.402 e. The molecule has 0 saturated heterocycles. The van der Waals surface area contributed by atoms with Crippen molar-refractivity contribution >= 4 is 31.6 Å². The molecule has 1 aromatic carbocycles. The Morgan fingerprint density at radius 3 is 2.42 bits per heavy atom. The van der Waals surface area contributed by atoms with E-state index in [9.17, 15) is 31.7 Å². The number of sulfonamides is 1. The van der Waals surface area contributed by atoms with Gasteiger partial charge in [0.05, 0.1) is 14.3 Å². The summed E-state index contributed by atoms with van der Waals surface area (Å²) in [5.74, 6) is 0. The van der Waals surface area contributed by atoms with Crippen LogP contribution in [0, 0.1) is 10.1 Å². The molecule has 0 atom stereocenters. The summed E-state index contributed by atoms with van der Waals surface area (Å²) in [7, 11) is -4.46. The molecule has 0 amide bonds. The summed E-state index contributed by atoms with van der Waals surface area (Å²) in [5, 5.41) is 10.6. The Bertz CT molecular complexity index is 603. The van der Waals surface area contributed by atoms with Crippen LogP contribution in [-0.4, -0.2) is 26.1 Å². The lowest BCUT2D eigenvalue weighted by Crippen LogP contribution is -2.33. The van der Waals surface area contributed by atoms with Gasteiger partial charge in [0.25, 0.3) is 5.69 Å². The monoisotopic (exact) mass is 362 g/mol. The number of nitro groups is 1. The van der Waals surface area contributed by atoms with E-state index in [1.807, 2.05) is 0 Å². The fraction of sp³-hybridized carbons (Fsp3) is 0.250. The van der Waals surface area contributed by atoms with Crippen molar-refractivity contribution in [2.75, 3.05) is 6.54 Å². The van der Waals surface area contributed by atoms with Crippen LogP contribution in [-0.2, 0) is 10.0 Å². The zero-order chi connectivity index (χ0) is 14.8. The molecule has 0 radical (unpaired) electrons. The lowest BCUT2D eigenvalue weighted by Gasteiger charge is -2.09. The van der Waals surface area contributed by atoms with Crippen molar-refractivity contribution in [3.63, 3.8) is 0 Å². The minimum absolute atomic E-state index is 0.0206. The molecule has 0 aromatic heterocycles. The molecule has 6 nitrogen and oxygen atoms in total. The fourth-order valence-corrected chi connectivity index (χ4v) is 2.49. The molecule has 0 unspecified atom stereocenters. The van der Waals surface area contributed by atoms with Crippen molar-refractivity contribution in [3.8, 4) is 0 Å². The predicted octanol–water partition coefficient (Wildman–Crippen LogP) is 2.20. The number of benzene rings is 1. The number of alkyl halides is 3. The lowest BCUT2D eigenvalue weighted by molar-refractivity contribution is -0.385. The first-order valence-electron chi connectivity index (χ1n) is 4.53. The number of nitro benzene ring substituents is 1. The Balaban J connectivity index is 3.09. The minimum Gasteiger partial charge on any atom is -0.258 e. The summed E-state index contributed by atoms with van der Waals surface area (Å²) in [4.78, 5) is 9.13. The van der Waals surface area contributed by atoms with E-state index in [1.54, 1.807) is 0 Å². The second kappa shape index (κ2) is 5.43. The Morgan fingerprint density at radius 1 is 1.37 bits per heavy atom. The van der Waals surface area contributed by atoms with Gasteiger partial charge in [-0.15, -0.1) is 0 Å². The SMILES string of the molecule is O=[N+]([O-])c1cc(S(=O)(=O)NCC(F)(F)F)ccc1Br. The van der Waals surface area contributed by atoms with Gasteiger partial charge in [-0.2, -0.15) is 13.2 Å². The van der Waals surface area contributed by atoms with Crippen molar-refractivity contribution < 1.29 is 26.5 Å². The molecule has 0 aliphatic carbocycles. The lowest BCUT2D eigenvalue weighted by atomic mass is 10.3. The van der Waals surface area contributed by atoms with Crippen LogP contribution in [0.3, 0.4) is 0 Å². The van der Waals surface area contributed by atoms with E-state index in [1.165, 1.54) is 4.72 Å². The molecule has 0 bridgehead atoms. The highest BCUT2D eigenvalue weighted by atomic mass is 79.9. The van der Waals surface area contributed by atoms with Gasteiger partial charge in [-0.05, 0) is 28.1 Å². The van der Waals surface area contributed by atoms with Crippen molar-refractivity contribution in [1.29, 1.82) is 0 Å². The highest BCUT2D eigenvalue weighted by Crippen LogP contribution is 2.27. The molecule has 0 fully saturated rings. The maximum absolute atomic E-state index is 11.9. The van der Waals surface area contributed by atoms with Crippen LogP contribution in [0.4, 0.5) is 18.9 Å². The molecule has 0 aliphatic rings. The molecular formula is C8H6BrF3N2O4S. The van der Waals surface area contributed by atoms with E-state index >= 15 is 0 Å². The van der Waals surface area contributed by atoms with Crippen LogP contribution >= 0.6 is 15.9 Å². The summed E-state index contributed by atoms with van der Waals surface area (Å²) in [6, 6.07) is 2.69. The molecule has 1 aromatic rings. The molecule has 0 spiro atoms. The molecule has 0 heterocycles. The van der Waals surface area contributed by atoms with Gasteiger partial charge < -0.3 is 0 Å². The van der Waals surface area contributed by atoms with Gasteiger partial charge in [0.1, 0.15) is 6.54 Å². The first kappa shape index (κ1) is 15.9. The smallest absolute Gasteiger partial charge is 0.258 e. The van der Waals surface area contributed by atoms with Crippen LogP contribution < -0.4 is 4.72 Å². The first-order chi connectivity index (χ1) is 8.53. The molecular weight excluding hydrogens is 357 g/mol. The normalized spacial score (nSPS) is 12.4. The summed E-state index contributed by atoms with van der Waals surface area (Å²) >= 11 is 2.83. The summed E-state index contributed by atoms with van der Waals surface area (Å²) < 4.78 is 60.2. The molecule has 1 rings (SSSR count). The van der Waals surface area contributed by atoms with Gasteiger partial charge in [-0.25, -0.2) is 13.1 Å². The Hall–Kier alpha value is -1.20. The number of hydrogen-bond donors (Lipinski definition) is 1. The van der Waals surface area contributed by atoms with Gasteiger partial charge in [0, 0.05) is 6.07 Å².